The van der Waals surface area contributed by atoms with Crippen LogP contribution < -0.4 is 38.8 Å². The summed E-state index contributed by atoms with van der Waals surface area (Å²) in [5.41, 5.74) is -6.02. The van der Waals surface area contributed by atoms with Crippen LogP contribution in [0.1, 0.15) is 22.3 Å². The van der Waals surface area contributed by atoms with E-state index in [1.54, 1.807) is 0 Å². The van der Waals surface area contributed by atoms with E-state index in [9.17, 15) is 52.7 Å². The van der Waals surface area contributed by atoms with Crippen LogP contribution in [-0.4, -0.2) is 61.1 Å². The van der Waals surface area contributed by atoms with Crippen LogP contribution in [0.4, 0.5) is 58.4 Å². The van der Waals surface area contributed by atoms with Gasteiger partial charge in [0.15, 0.2) is 7.85 Å². The van der Waals surface area contributed by atoms with Crippen LogP contribution in [0.5, 0.6) is 0 Å². The Hall–Kier alpha value is -3.31. The first-order chi connectivity index (χ1) is 19.6. The summed E-state index contributed by atoms with van der Waals surface area (Å²) >= 11 is 0. The lowest BCUT2D eigenvalue weighted by Crippen LogP contribution is -2.43. The lowest BCUT2D eigenvalue weighted by atomic mass is 9.64. The van der Waals surface area contributed by atoms with Gasteiger partial charge in [-0.2, -0.15) is 52.7 Å². The molecule has 0 bridgehead atoms. The zero-order valence-corrected chi connectivity index (χ0v) is 24.5. The highest BCUT2D eigenvalue weighted by Gasteiger charge is 2.47. The van der Waals surface area contributed by atoms with Crippen LogP contribution in [-0.2, 0) is 24.9 Å². The van der Waals surface area contributed by atoms with E-state index in [4.69, 9.17) is 17.9 Å². The Morgan fingerprint density at radius 2 is 1.05 bits per heavy atom. The molecule has 0 fully saturated rings. The summed E-state index contributed by atoms with van der Waals surface area (Å²) in [6.45, 7) is 0. The van der Waals surface area contributed by atoms with Crippen LogP contribution >= 0.6 is 0 Å². The largest absolute Gasteiger partial charge is 0.416 e. The van der Waals surface area contributed by atoms with E-state index in [1.165, 1.54) is 7.85 Å². The standard InChI is InChI=1S/C23H21B7F12N2/c1-2-6(24)18(43)13(26)5(20(31,32)33)3-4-9(21(34,35)36)14(27)7(10(12(4)25)22(37,38)39)8-11(23(40,41)42)16(29)19(44)17(30)15(8)28/h1H,3,24-30,43-44H2/b13-5-,18-6-. The number of nitrogen functional groups attached to an aromatic ring is 1. The van der Waals surface area contributed by atoms with Gasteiger partial charge < -0.3 is 11.5 Å². The summed E-state index contributed by atoms with van der Waals surface area (Å²) in [5, 5.41) is 0. The number of hydrogen-bond donors (Lipinski definition) is 2. The van der Waals surface area contributed by atoms with Gasteiger partial charge >= 0.3 is 24.7 Å². The Kier molecular flexibility index (Phi) is 9.97. The molecule has 21 heteroatoms. The molecule has 2 aromatic carbocycles. The van der Waals surface area contributed by atoms with Crippen molar-refractivity contribution in [1.29, 1.82) is 0 Å². The number of hydrogen-bond acceptors (Lipinski definition) is 2. The quantitative estimate of drug-likeness (QED) is 0.123. The number of alkyl halides is 12. The minimum atomic E-state index is -5.61. The van der Waals surface area contributed by atoms with Crippen molar-refractivity contribution in [2.45, 2.75) is 31.1 Å². The number of benzene rings is 2. The molecular weight excluding hydrogens is 608 g/mol. The molecule has 0 aromatic heterocycles. The van der Waals surface area contributed by atoms with E-state index in [0.29, 0.717) is 15.7 Å². The van der Waals surface area contributed by atoms with Crippen LogP contribution in [0.3, 0.4) is 0 Å². The minimum absolute atomic E-state index is 0.114. The number of rotatable bonds is 4. The van der Waals surface area contributed by atoms with Crippen molar-refractivity contribution in [2.24, 2.45) is 5.73 Å². The van der Waals surface area contributed by atoms with Gasteiger partial charge in [0.05, 0.1) is 16.7 Å². The maximum absolute atomic E-state index is 14.8. The maximum atomic E-state index is 14.8. The van der Waals surface area contributed by atoms with Gasteiger partial charge in [-0.25, -0.2) is 0 Å². The van der Waals surface area contributed by atoms with E-state index >= 15 is 0 Å². The second kappa shape index (κ2) is 11.9. The van der Waals surface area contributed by atoms with E-state index in [1.807, 2.05) is 5.92 Å². The van der Waals surface area contributed by atoms with Gasteiger partial charge in [-0.15, -0.1) is 6.42 Å². The summed E-state index contributed by atoms with van der Waals surface area (Å²) in [5.74, 6) is 1.99. The molecule has 0 heterocycles. The molecule has 0 aliphatic rings. The SMILES string of the molecule is B/C(C#C)=C(N)/C(B)=C(\Cc1c(B)c(C(F)(F)F)c(-c2c(B)c(B)c(N)c(B)c2C(F)(F)F)c(B)c1C(F)(F)F)C(F)(F)F. The Morgan fingerprint density at radius 3 is 1.43 bits per heavy atom. The van der Waals surface area contributed by atoms with Crippen molar-refractivity contribution in [3.8, 4) is 23.5 Å². The van der Waals surface area contributed by atoms with Gasteiger partial charge in [-0.3, -0.25) is 0 Å². The first-order valence-corrected chi connectivity index (χ1v) is 12.6. The third-order valence-electron chi connectivity index (χ3n) is 7.77. The molecule has 2 rings (SSSR count). The van der Waals surface area contributed by atoms with Crippen molar-refractivity contribution >= 4 is 87.9 Å². The lowest BCUT2D eigenvalue weighted by Gasteiger charge is -2.31. The van der Waals surface area contributed by atoms with Gasteiger partial charge in [0, 0.05) is 23.4 Å². The van der Waals surface area contributed by atoms with Crippen molar-refractivity contribution in [3.63, 3.8) is 0 Å². The summed E-state index contributed by atoms with van der Waals surface area (Å²) < 4.78 is 174. The van der Waals surface area contributed by atoms with Gasteiger partial charge in [0.25, 0.3) is 0 Å². The molecule has 2 nitrogen and oxygen atoms in total. The number of anilines is 1. The van der Waals surface area contributed by atoms with Crippen molar-refractivity contribution in [3.05, 3.63) is 44.5 Å². The number of nitrogens with two attached hydrogens (primary N) is 2. The Balaban J connectivity index is 3.42. The molecule has 0 aliphatic carbocycles. The molecular formula is C23H21B7F12N2. The first-order valence-electron chi connectivity index (χ1n) is 12.6. The molecule has 0 atom stereocenters. The zero-order valence-electron chi connectivity index (χ0n) is 24.5. The molecule has 0 aliphatic heterocycles. The average Bonchev–Trinajstić information content (AvgIpc) is 2.85. The topological polar surface area (TPSA) is 52.0 Å². The number of halogens is 12. The highest BCUT2D eigenvalue weighted by molar-refractivity contribution is 6.57. The van der Waals surface area contributed by atoms with Gasteiger partial charge in [-0.05, 0) is 22.2 Å². The predicted octanol–water partition coefficient (Wildman–Crippen LogP) is -3.29. The summed E-state index contributed by atoms with van der Waals surface area (Å²) in [6.07, 6.45) is -18.6. The van der Waals surface area contributed by atoms with E-state index < -0.39 is 109 Å². The smallest absolute Gasteiger partial charge is 0.400 e. The predicted molar refractivity (Wildman–Crippen MR) is 166 cm³/mol. The second-order valence-corrected chi connectivity index (χ2v) is 10.3. The van der Waals surface area contributed by atoms with Gasteiger partial charge in [0.1, 0.15) is 47.1 Å². The Morgan fingerprint density at radius 1 is 0.636 bits per heavy atom. The van der Waals surface area contributed by atoms with E-state index in [0.717, 1.165) is 31.4 Å². The van der Waals surface area contributed by atoms with Gasteiger partial charge in [0.2, 0.25) is 0 Å². The molecule has 0 spiro atoms. The summed E-state index contributed by atoms with van der Waals surface area (Å²) in [4.78, 5) is 0. The number of allylic oxidation sites excluding steroid dienone is 3. The molecule has 228 valence electrons. The fraction of sp³-hybridized carbons (Fsp3) is 0.217. The summed E-state index contributed by atoms with van der Waals surface area (Å²) in [6, 6.07) is 0. The van der Waals surface area contributed by atoms with Crippen LogP contribution in [0.15, 0.2) is 22.2 Å². The van der Waals surface area contributed by atoms with Crippen molar-refractivity contribution < 1.29 is 52.7 Å². The second-order valence-electron chi connectivity index (χ2n) is 10.3. The highest BCUT2D eigenvalue weighted by atomic mass is 19.4. The maximum Gasteiger partial charge on any atom is 0.416 e. The van der Waals surface area contributed by atoms with Crippen molar-refractivity contribution in [2.75, 3.05) is 5.73 Å². The number of terminal acetylenes is 1. The Labute approximate surface area is 251 Å². The zero-order chi connectivity index (χ0) is 34.7. The monoisotopic (exact) mass is 630 g/mol. The molecule has 0 saturated heterocycles. The molecule has 2 aromatic rings. The molecule has 0 radical (unpaired) electrons. The van der Waals surface area contributed by atoms with Crippen molar-refractivity contribution in [1.82, 2.24) is 0 Å². The fourth-order valence-electron chi connectivity index (χ4n) is 5.33. The Bertz CT molecular complexity index is 1630. The van der Waals surface area contributed by atoms with E-state index in [2.05, 4.69) is 0 Å². The molecule has 0 unspecified atom stereocenters. The average molecular weight is 629 g/mol. The van der Waals surface area contributed by atoms with Crippen LogP contribution in [0.2, 0.25) is 0 Å². The normalized spacial score (nSPS) is 14.2. The van der Waals surface area contributed by atoms with Crippen LogP contribution in [0, 0.1) is 12.3 Å². The lowest BCUT2D eigenvalue weighted by molar-refractivity contribution is -0.140. The first kappa shape index (κ1) is 36.9. The fourth-order valence-corrected chi connectivity index (χ4v) is 5.33. The van der Waals surface area contributed by atoms with Gasteiger partial charge in [-0.1, -0.05) is 38.7 Å². The third kappa shape index (κ3) is 6.68. The summed E-state index contributed by atoms with van der Waals surface area (Å²) in [7, 11) is 5.96. The third-order valence-corrected chi connectivity index (χ3v) is 7.77. The van der Waals surface area contributed by atoms with Crippen LogP contribution in [0.25, 0.3) is 11.1 Å². The highest BCUT2D eigenvalue weighted by Crippen LogP contribution is 2.44. The molecule has 0 amide bonds. The van der Waals surface area contributed by atoms with E-state index in [-0.39, 0.29) is 10.9 Å². The minimum Gasteiger partial charge on any atom is -0.400 e. The molecule has 44 heavy (non-hydrogen) atoms. The molecule has 0 saturated carbocycles. The molecule has 4 N–H and O–H groups in total.